The lowest BCUT2D eigenvalue weighted by Crippen LogP contribution is -2.49. The van der Waals surface area contributed by atoms with Crippen molar-refractivity contribution in [1.82, 2.24) is 25.5 Å². The molecule has 2 aliphatic rings. The smallest absolute Gasteiger partial charge is 0.455 e. The van der Waals surface area contributed by atoms with Crippen molar-refractivity contribution in [3.8, 4) is 11.5 Å². The van der Waals surface area contributed by atoms with Crippen LogP contribution in [-0.4, -0.2) is 57.0 Å². The number of likely N-dealkylation sites (tertiary alicyclic amines) is 1. The fourth-order valence-corrected chi connectivity index (χ4v) is 6.45. The van der Waals surface area contributed by atoms with E-state index in [9.17, 15) is 18.6 Å². The monoisotopic (exact) mass is 588 g/mol. The highest BCUT2D eigenvalue weighted by atomic mass is 32.2. The molecule has 2 aromatic carbocycles. The van der Waals surface area contributed by atoms with Crippen LogP contribution in [0.15, 0.2) is 76.8 Å². The van der Waals surface area contributed by atoms with Crippen LogP contribution in [-0.2, 0) is 25.5 Å². The van der Waals surface area contributed by atoms with E-state index in [1.165, 1.54) is 4.90 Å². The summed E-state index contributed by atoms with van der Waals surface area (Å²) >= 11 is 1.94. The van der Waals surface area contributed by atoms with Gasteiger partial charge in [-0.15, -0.1) is 0 Å². The van der Waals surface area contributed by atoms with E-state index < -0.39 is 23.1 Å². The van der Waals surface area contributed by atoms with Crippen LogP contribution < -0.4 is 15.4 Å². The Kier molecular flexibility index (Phi) is 7.41. The summed E-state index contributed by atoms with van der Waals surface area (Å²) in [4.78, 5) is 50.0. The highest BCUT2D eigenvalue weighted by Gasteiger charge is 2.46. The largest absolute Gasteiger partial charge is 0.464 e. The van der Waals surface area contributed by atoms with Crippen LogP contribution in [0.1, 0.15) is 35.4 Å². The van der Waals surface area contributed by atoms with Crippen LogP contribution in [0, 0.1) is 0 Å². The van der Waals surface area contributed by atoms with Gasteiger partial charge in [-0.2, -0.15) is 0 Å². The number of nitrogens with one attached hydrogen (secondary N) is 3. The molecule has 208 valence electrons. The van der Waals surface area contributed by atoms with Crippen molar-refractivity contribution in [2.45, 2.75) is 40.5 Å². The number of pyridine rings is 1. The first-order chi connectivity index (χ1) is 19.9. The number of hydrogen-bond acceptors (Lipinski definition) is 7. The third-order valence-electron chi connectivity index (χ3n) is 7.18. The van der Waals surface area contributed by atoms with E-state index in [1.54, 1.807) is 36.3 Å². The Balaban J connectivity index is 1.09. The quantitative estimate of drug-likeness (QED) is 0.246. The summed E-state index contributed by atoms with van der Waals surface area (Å²) in [5.41, 5.74) is 2.05. The zero-order valence-corrected chi connectivity index (χ0v) is 23.6. The maximum atomic E-state index is 13.3. The van der Waals surface area contributed by atoms with Crippen molar-refractivity contribution >= 4 is 52.1 Å². The molecule has 1 fully saturated rings. The van der Waals surface area contributed by atoms with E-state index in [-0.39, 0.29) is 31.5 Å². The van der Waals surface area contributed by atoms with E-state index >= 15 is 0 Å². The standard InChI is InChI=1S/C29H25N5O5S2/c1-16(21-10-18-13-30-9-8-20(18)33-21)32-29(37)22-12-19(41-38)15-34(22)27(35)14-31-28(36)17-6-7-26-24(11-17)39-23-4-2-3-5-25(23)40-26/h2-11,13,16,19,22H,12,14-15H2,1H3,(H2-,30,31,32,33,36,37)/p+1/t16-,19-,22+/m1/s1. The van der Waals surface area contributed by atoms with Gasteiger partial charge in [-0.1, -0.05) is 23.9 Å². The molecule has 3 amide bonds. The lowest BCUT2D eigenvalue weighted by molar-refractivity contribution is -0.137. The number of amides is 3. The molecule has 4 heterocycles. The topological polar surface area (TPSA) is 133 Å². The molecular formula is C29H26N5O5S2+. The predicted molar refractivity (Wildman–Crippen MR) is 154 cm³/mol. The van der Waals surface area contributed by atoms with Gasteiger partial charge >= 0.3 is 11.7 Å². The summed E-state index contributed by atoms with van der Waals surface area (Å²) < 4.78 is 17.6. The number of H-pyrrole nitrogens is 1. The molecule has 3 N–H and O–H groups in total. The second-order valence-electron chi connectivity index (χ2n) is 9.93. The fourth-order valence-electron chi connectivity index (χ4n) is 5.04. The first kappa shape index (κ1) is 26.9. The maximum absolute atomic E-state index is 13.3. The second-order valence-corrected chi connectivity index (χ2v) is 11.9. The van der Waals surface area contributed by atoms with Crippen LogP contribution in [0.5, 0.6) is 11.5 Å². The lowest BCUT2D eigenvalue weighted by atomic mass is 10.1. The fraction of sp³-hybridized carbons (Fsp3) is 0.241. The Morgan fingerprint density at radius 2 is 1.98 bits per heavy atom. The SMILES string of the molecule is C[C@@H](NC(=O)[C@@H]1C[C@@H]([S+]=O)CN1C(=O)CNC(=O)c1ccc2c(c1)Oc1ccccc1S2)c1cc2cnccc2[nH]1. The minimum absolute atomic E-state index is 0.136. The summed E-state index contributed by atoms with van der Waals surface area (Å²) in [5, 5.41) is 6.12. The summed E-state index contributed by atoms with van der Waals surface area (Å²) in [6.07, 6.45) is 3.66. The summed E-state index contributed by atoms with van der Waals surface area (Å²) in [7, 11) is 0. The number of para-hydroxylation sites is 1. The first-order valence-corrected chi connectivity index (χ1v) is 14.7. The van der Waals surface area contributed by atoms with Crippen molar-refractivity contribution in [2.24, 2.45) is 0 Å². The van der Waals surface area contributed by atoms with Gasteiger partial charge in [0.2, 0.25) is 11.8 Å². The zero-order valence-electron chi connectivity index (χ0n) is 22.0. The molecule has 1 saturated heterocycles. The summed E-state index contributed by atoms with van der Waals surface area (Å²) in [6.45, 7) is 1.67. The van der Waals surface area contributed by atoms with Crippen LogP contribution in [0.2, 0.25) is 0 Å². The van der Waals surface area contributed by atoms with Gasteiger partial charge in [-0.05, 0) is 49.4 Å². The number of rotatable bonds is 7. The minimum atomic E-state index is -0.811. The molecule has 0 spiro atoms. The average molecular weight is 589 g/mol. The maximum Gasteiger partial charge on any atom is 0.464 e. The number of hydrogen-bond donors (Lipinski definition) is 3. The molecule has 6 rings (SSSR count). The molecule has 0 aliphatic carbocycles. The molecule has 0 radical (unpaired) electrons. The zero-order chi connectivity index (χ0) is 28.5. The Labute approximate surface area is 243 Å². The van der Waals surface area contributed by atoms with E-state index in [1.807, 2.05) is 49.4 Å². The Morgan fingerprint density at radius 1 is 1.15 bits per heavy atom. The van der Waals surface area contributed by atoms with Gasteiger partial charge < -0.3 is 25.3 Å². The predicted octanol–water partition coefficient (Wildman–Crippen LogP) is 3.82. The Morgan fingerprint density at radius 3 is 2.80 bits per heavy atom. The van der Waals surface area contributed by atoms with Gasteiger partial charge in [0.25, 0.3) is 11.2 Å². The molecule has 10 nitrogen and oxygen atoms in total. The number of aromatic nitrogens is 2. The molecule has 0 saturated carbocycles. The van der Waals surface area contributed by atoms with Crippen molar-refractivity contribution in [3.05, 3.63) is 78.2 Å². The van der Waals surface area contributed by atoms with Crippen LogP contribution in [0.3, 0.4) is 0 Å². The van der Waals surface area contributed by atoms with Crippen LogP contribution in [0.25, 0.3) is 10.9 Å². The molecule has 2 aliphatic heterocycles. The number of carbonyl (C=O) groups is 3. The average Bonchev–Trinajstić information content (AvgIpc) is 3.63. The third-order valence-corrected chi connectivity index (χ3v) is 8.91. The third kappa shape index (κ3) is 5.52. The van der Waals surface area contributed by atoms with Gasteiger partial charge in [-0.25, -0.2) is 0 Å². The van der Waals surface area contributed by atoms with Gasteiger partial charge in [0.15, 0.2) is 0 Å². The molecule has 3 atom stereocenters. The van der Waals surface area contributed by atoms with E-state index in [0.29, 0.717) is 23.0 Å². The second kappa shape index (κ2) is 11.3. The number of fused-ring (bicyclic) bond motifs is 3. The van der Waals surface area contributed by atoms with Crippen molar-refractivity contribution in [3.63, 3.8) is 0 Å². The normalized spacial score (nSPS) is 18.1. The molecule has 0 bridgehead atoms. The molecule has 2 aromatic heterocycles. The Hall–Kier alpha value is -4.29. The first-order valence-electron chi connectivity index (χ1n) is 13.1. The van der Waals surface area contributed by atoms with Gasteiger partial charge in [0.05, 0.1) is 28.9 Å². The highest BCUT2D eigenvalue weighted by Crippen LogP contribution is 2.46. The van der Waals surface area contributed by atoms with Crippen LogP contribution in [0.4, 0.5) is 0 Å². The molecule has 41 heavy (non-hydrogen) atoms. The van der Waals surface area contributed by atoms with E-state index in [2.05, 4.69) is 20.6 Å². The highest BCUT2D eigenvalue weighted by molar-refractivity contribution is 7.99. The summed E-state index contributed by atoms with van der Waals surface area (Å²) in [5.74, 6) is 0.0658. The van der Waals surface area contributed by atoms with E-state index in [4.69, 9.17) is 4.74 Å². The van der Waals surface area contributed by atoms with Crippen molar-refractivity contribution in [2.75, 3.05) is 13.1 Å². The number of nitrogens with zero attached hydrogens (tertiary/aromatic N) is 2. The molecular weight excluding hydrogens is 562 g/mol. The number of benzene rings is 2. The molecule has 12 heteroatoms. The van der Waals surface area contributed by atoms with Gasteiger partial charge in [0.1, 0.15) is 17.5 Å². The van der Waals surface area contributed by atoms with Crippen molar-refractivity contribution < 1.29 is 23.3 Å². The van der Waals surface area contributed by atoms with Crippen LogP contribution >= 0.6 is 11.8 Å². The van der Waals surface area contributed by atoms with Gasteiger partial charge in [0, 0.05) is 45.2 Å². The molecule has 0 unspecified atom stereocenters. The Bertz CT molecular complexity index is 1640. The number of carbonyl (C=O) groups excluding carboxylic acids is 3. The minimum Gasteiger partial charge on any atom is -0.455 e. The number of ether oxygens (including phenoxy) is 1. The summed E-state index contributed by atoms with van der Waals surface area (Å²) in [6, 6.07) is 15.4. The van der Waals surface area contributed by atoms with Gasteiger partial charge in [-0.3, -0.25) is 19.4 Å². The number of aromatic amines is 1. The molecule has 4 aromatic rings. The van der Waals surface area contributed by atoms with Crippen molar-refractivity contribution in [1.29, 1.82) is 0 Å². The van der Waals surface area contributed by atoms with E-state index in [0.717, 1.165) is 32.1 Å². The lowest BCUT2D eigenvalue weighted by Gasteiger charge is -2.25.